The molecule has 10 heteroatoms. The fourth-order valence-corrected chi connectivity index (χ4v) is 4.54. The highest BCUT2D eigenvalue weighted by Gasteiger charge is 2.50. The third kappa shape index (κ3) is 3.33. The number of hydroxylamine groups is 1. The zero-order valence-electron chi connectivity index (χ0n) is 19.1. The van der Waals surface area contributed by atoms with Gasteiger partial charge >= 0.3 is 5.97 Å². The molecule has 4 aliphatic rings. The number of fused-ring (bicyclic) bond motifs is 3. The van der Waals surface area contributed by atoms with Crippen LogP contribution in [0.3, 0.4) is 0 Å². The van der Waals surface area contributed by atoms with E-state index in [1.165, 1.54) is 0 Å². The zero-order chi connectivity index (χ0) is 22.6. The summed E-state index contributed by atoms with van der Waals surface area (Å²) >= 11 is 0. The number of anilines is 4. The van der Waals surface area contributed by atoms with E-state index >= 15 is 0 Å². The number of likely N-dealkylation sites (N-methyl/N-ethyl adjacent to an activating group) is 1. The Balaban J connectivity index is 1.31. The molecule has 2 bridgehead atoms. The molecule has 0 radical (unpaired) electrons. The lowest BCUT2D eigenvalue weighted by molar-refractivity contribution is -0.0214. The second kappa shape index (κ2) is 7.53. The molecule has 0 spiro atoms. The number of hydrogen-bond donors (Lipinski definition) is 3. The highest BCUT2D eigenvalue weighted by molar-refractivity contribution is 5.85. The van der Waals surface area contributed by atoms with Crippen molar-refractivity contribution in [1.82, 2.24) is 15.4 Å². The van der Waals surface area contributed by atoms with Gasteiger partial charge in [-0.05, 0) is 50.7 Å². The Bertz CT molecular complexity index is 1160. The number of rotatable bonds is 4. The maximum atomic E-state index is 6.05. The van der Waals surface area contributed by atoms with Crippen LogP contribution in [-0.2, 0) is 4.84 Å². The molecule has 33 heavy (non-hydrogen) atoms. The van der Waals surface area contributed by atoms with Crippen molar-refractivity contribution in [1.29, 1.82) is 0 Å². The molecule has 2 aromatic rings. The fraction of sp³-hybridized carbons (Fsp3) is 0.391. The van der Waals surface area contributed by atoms with E-state index in [2.05, 4.69) is 46.0 Å². The summed E-state index contributed by atoms with van der Waals surface area (Å²) in [6, 6.07) is 8.14. The highest BCUT2D eigenvalue weighted by atomic mass is 16.7. The van der Waals surface area contributed by atoms with Gasteiger partial charge in [0.15, 0.2) is 6.73 Å². The zero-order valence-corrected chi connectivity index (χ0v) is 19.1. The predicted octanol–water partition coefficient (Wildman–Crippen LogP) is 2.28. The number of aliphatic imine (C=N–C) groups is 1. The average Bonchev–Trinajstić information content (AvgIpc) is 3.40. The number of aryl methyl sites for hydroxylation is 1. The monoisotopic (exact) mass is 448 g/mol. The average molecular weight is 449 g/mol. The highest BCUT2D eigenvalue weighted by Crippen LogP contribution is 2.42. The van der Waals surface area contributed by atoms with Gasteiger partial charge in [0, 0.05) is 38.0 Å². The summed E-state index contributed by atoms with van der Waals surface area (Å²) in [5, 5.41) is 6.75. The second-order valence-corrected chi connectivity index (χ2v) is 8.86. The largest absolute Gasteiger partial charge is 0.471 e. The molecule has 10 nitrogen and oxygen atoms in total. The van der Waals surface area contributed by atoms with Crippen molar-refractivity contribution in [3.8, 4) is 5.75 Å². The molecule has 1 aromatic carbocycles. The van der Waals surface area contributed by atoms with Crippen LogP contribution in [0, 0.1) is 6.92 Å². The van der Waals surface area contributed by atoms with Crippen molar-refractivity contribution in [3.05, 3.63) is 47.4 Å². The fourth-order valence-electron chi connectivity index (χ4n) is 4.54. The lowest BCUT2D eigenvalue weighted by Crippen LogP contribution is -2.51. The molecule has 1 atom stereocenters. The first kappa shape index (κ1) is 20.1. The SMILES string of the molecule is CC1=C2NOC(Nc3cnc(N4CCN(C)CC4)cc3C)(N=C1)N2c1ccc2c(c1)NCO2. The van der Waals surface area contributed by atoms with E-state index in [0.717, 1.165) is 71.8 Å². The smallest absolute Gasteiger partial charge is 0.351 e. The second-order valence-electron chi connectivity index (χ2n) is 8.86. The third-order valence-electron chi connectivity index (χ3n) is 6.56. The first-order valence-corrected chi connectivity index (χ1v) is 11.2. The maximum absolute atomic E-state index is 6.05. The molecule has 5 heterocycles. The summed E-state index contributed by atoms with van der Waals surface area (Å²) in [4.78, 5) is 22.3. The lowest BCUT2D eigenvalue weighted by Gasteiger charge is -2.36. The number of nitrogens with one attached hydrogen (secondary N) is 3. The molecule has 1 aromatic heterocycles. The van der Waals surface area contributed by atoms with Crippen LogP contribution in [0.25, 0.3) is 0 Å². The minimum absolute atomic E-state index is 0.474. The van der Waals surface area contributed by atoms with Crippen molar-refractivity contribution < 1.29 is 9.57 Å². The van der Waals surface area contributed by atoms with Crippen molar-refractivity contribution in [2.24, 2.45) is 4.99 Å². The van der Waals surface area contributed by atoms with Crippen molar-refractivity contribution in [2.75, 3.05) is 60.4 Å². The van der Waals surface area contributed by atoms with E-state index in [9.17, 15) is 0 Å². The number of aromatic nitrogens is 1. The van der Waals surface area contributed by atoms with Gasteiger partial charge in [0.2, 0.25) is 0 Å². The van der Waals surface area contributed by atoms with Crippen LogP contribution in [0.4, 0.5) is 22.9 Å². The number of piperazine rings is 1. The Morgan fingerprint density at radius 3 is 2.79 bits per heavy atom. The van der Waals surface area contributed by atoms with E-state index in [-0.39, 0.29) is 0 Å². The third-order valence-corrected chi connectivity index (χ3v) is 6.56. The number of pyridine rings is 1. The Morgan fingerprint density at radius 1 is 1.12 bits per heavy atom. The van der Waals surface area contributed by atoms with Crippen molar-refractivity contribution in [2.45, 2.75) is 19.8 Å². The van der Waals surface area contributed by atoms with Crippen LogP contribution in [0.15, 0.2) is 46.8 Å². The Hall–Kier alpha value is -3.50. The van der Waals surface area contributed by atoms with Crippen LogP contribution in [0.5, 0.6) is 5.75 Å². The van der Waals surface area contributed by atoms with Crippen LogP contribution < -0.4 is 30.7 Å². The van der Waals surface area contributed by atoms with E-state index in [4.69, 9.17) is 19.6 Å². The van der Waals surface area contributed by atoms with Crippen molar-refractivity contribution in [3.63, 3.8) is 0 Å². The van der Waals surface area contributed by atoms with Gasteiger partial charge in [0.05, 0.1) is 23.3 Å². The molecule has 0 aliphatic carbocycles. The van der Waals surface area contributed by atoms with Gasteiger partial charge in [-0.25, -0.2) is 20.3 Å². The summed E-state index contributed by atoms with van der Waals surface area (Å²) in [5.74, 6) is 1.52. The summed E-state index contributed by atoms with van der Waals surface area (Å²) in [5.41, 5.74) is 7.86. The van der Waals surface area contributed by atoms with Crippen LogP contribution in [0.2, 0.25) is 0 Å². The lowest BCUT2D eigenvalue weighted by atomic mass is 10.2. The van der Waals surface area contributed by atoms with Crippen LogP contribution in [0.1, 0.15) is 12.5 Å². The van der Waals surface area contributed by atoms with Gasteiger partial charge in [-0.3, -0.25) is 4.90 Å². The Labute approximate surface area is 192 Å². The van der Waals surface area contributed by atoms with Crippen LogP contribution in [-0.4, -0.2) is 62.0 Å². The topological polar surface area (TPSA) is 89.5 Å². The van der Waals surface area contributed by atoms with Gasteiger partial charge in [-0.2, -0.15) is 0 Å². The molecule has 172 valence electrons. The predicted molar refractivity (Wildman–Crippen MR) is 128 cm³/mol. The maximum Gasteiger partial charge on any atom is 0.351 e. The van der Waals surface area contributed by atoms with Crippen molar-refractivity contribution >= 4 is 29.1 Å². The normalized spacial score (nSPS) is 23.8. The standard InChI is InChI=1S/C23H28N8O2/c1-15-10-21(30-8-6-29(3)7-9-30)24-13-19(15)27-23-26-12-16(2)22(28-33-23)31(23)17-4-5-20-18(11-17)25-14-32-20/h4-5,10-13,25,27-28H,6-9,14H2,1-3H3. The van der Waals surface area contributed by atoms with Crippen LogP contribution >= 0.6 is 0 Å². The molecular formula is C23H28N8O2. The van der Waals surface area contributed by atoms with Gasteiger partial charge < -0.3 is 25.2 Å². The quantitative estimate of drug-likeness (QED) is 0.652. The minimum atomic E-state index is -1.16. The Kier molecular flexibility index (Phi) is 4.59. The molecule has 2 fully saturated rings. The first-order chi connectivity index (χ1) is 16.0. The van der Waals surface area contributed by atoms with Gasteiger partial charge in [0.25, 0.3) is 0 Å². The summed E-state index contributed by atoms with van der Waals surface area (Å²) in [6.45, 7) is 8.61. The summed E-state index contributed by atoms with van der Waals surface area (Å²) in [6.07, 6.45) is 3.70. The van der Waals surface area contributed by atoms with E-state index in [0.29, 0.717) is 6.73 Å². The van der Waals surface area contributed by atoms with E-state index in [1.807, 2.05) is 42.4 Å². The number of ether oxygens (including phenoxy) is 1. The molecule has 0 saturated carbocycles. The van der Waals surface area contributed by atoms with E-state index in [1.54, 1.807) is 0 Å². The number of hydrogen-bond acceptors (Lipinski definition) is 10. The summed E-state index contributed by atoms with van der Waals surface area (Å²) < 4.78 is 5.59. The van der Waals surface area contributed by atoms with Gasteiger partial charge in [-0.15, -0.1) is 0 Å². The molecule has 6 rings (SSSR count). The minimum Gasteiger partial charge on any atom is -0.471 e. The van der Waals surface area contributed by atoms with Gasteiger partial charge in [0.1, 0.15) is 17.4 Å². The van der Waals surface area contributed by atoms with E-state index < -0.39 is 5.97 Å². The molecule has 4 aliphatic heterocycles. The first-order valence-electron chi connectivity index (χ1n) is 11.2. The van der Waals surface area contributed by atoms with Gasteiger partial charge in [-0.1, -0.05) is 0 Å². The molecule has 2 saturated heterocycles. The Morgan fingerprint density at radius 2 is 1.97 bits per heavy atom. The molecule has 0 amide bonds. The number of allylic oxidation sites excluding steroid dienone is 1. The molecule has 1 unspecified atom stereocenters. The molecule has 3 N–H and O–H groups in total. The molecular weight excluding hydrogens is 420 g/mol. The summed E-state index contributed by atoms with van der Waals surface area (Å²) in [7, 11) is 2.16. The number of nitrogens with zero attached hydrogens (tertiary/aromatic N) is 5. The number of benzene rings is 1.